The number of methoxy groups -OCH3 is 1. The molecule has 2 atom stereocenters. The average Bonchev–Trinajstić information content (AvgIpc) is 3.57. The van der Waals surface area contributed by atoms with Crippen LogP contribution >= 0.6 is 0 Å². The Morgan fingerprint density at radius 1 is 1.17 bits per heavy atom. The summed E-state index contributed by atoms with van der Waals surface area (Å²) in [7, 11) is 1.38. The molecule has 4 rings (SSSR count). The van der Waals surface area contributed by atoms with Crippen LogP contribution in [0.3, 0.4) is 0 Å². The summed E-state index contributed by atoms with van der Waals surface area (Å²) in [6.07, 6.45) is 3.92. The molecule has 164 valence electrons. The number of esters is 1. The van der Waals surface area contributed by atoms with Gasteiger partial charge in [0, 0.05) is 44.8 Å². The van der Waals surface area contributed by atoms with Crippen molar-refractivity contribution < 1.29 is 19.4 Å². The van der Waals surface area contributed by atoms with E-state index in [-0.39, 0.29) is 23.4 Å². The number of nitrogens with zero attached hydrogens (tertiary/aromatic N) is 3. The van der Waals surface area contributed by atoms with Gasteiger partial charge in [-0.2, -0.15) is 0 Å². The van der Waals surface area contributed by atoms with Crippen LogP contribution in [0.5, 0.6) is 0 Å². The van der Waals surface area contributed by atoms with Gasteiger partial charge in [0.05, 0.1) is 13.2 Å². The van der Waals surface area contributed by atoms with Crippen molar-refractivity contribution in [2.45, 2.75) is 44.2 Å². The van der Waals surface area contributed by atoms with Crippen molar-refractivity contribution in [3.63, 3.8) is 0 Å². The first-order valence-electron chi connectivity index (χ1n) is 11.1. The zero-order valence-corrected chi connectivity index (χ0v) is 17.8. The number of benzene rings is 1. The largest absolute Gasteiger partial charge is 0.467 e. The Labute approximate surface area is 178 Å². The standard InChI is InChI=1S/C23H33N3O4/c1-30-22(29)19(7-12-24-14-11-23(9-10-23)20(27)17-24)26-16-15-25(13-8-21(26)28)18-5-3-2-4-6-18/h2-6,19-20,27H,7-17H2,1H3/t19-,20+/m0/s1. The lowest BCUT2D eigenvalue weighted by molar-refractivity contribution is -0.153. The van der Waals surface area contributed by atoms with Crippen LogP contribution in [0.15, 0.2) is 30.3 Å². The Balaban J connectivity index is 1.38. The predicted molar refractivity (Wildman–Crippen MR) is 114 cm³/mol. The highest BCUT2D eigenvalue weighted by molar-refractivity contribution is 5.85. The minimum Gasteiger partial charge on any atom is -0.467 e. The van der Waals surface area contributed by atoms with Gasteiger partial charge in [-0.3, -0.25) is 4.79 Å². The van der Waals surface area contributed by atoms with Crippen LogP contribution in [0.2, 0.25) is 0 Å². The fourth-order valence-electron chi connectivity index (χ4n) is 4.93. The number of piperidine rings is 1. The predicted octanol–water partition coefficient (Wildman–Crippen LogP) is 1.50. The molecular formula is C23H33N3O4. The van der Waals surface area contributed by atoms with Gasteiger partial charge in [-0.1, -0.05) is 18.2 Å². The zero-order valence-electron chi connectivity index (χ0n) is 17.8. The summed E-state index contributed by atoms with van der Waals surface area (Å²) >= 11 is 0. The SMILES string of the molecule is COC(=O)[C@H](CCN1CCC2(CC2)[C@H](O)C1)N1CCN(c2ccccc2)CCC1=O. The molecule has 1 aliphatic carbocycles. The maximum atomic E-state index is 12.9. The van der Waals surface area contributed by atoms with Crippen LogP contribution < -0.4 is 4.90 Å². The molecule has 0 aromatic heterocycles. The number of hydrogen-bond donors (Lipinski definition) is 1. The summed E-state index contributed by atoms with van der Waals surface area (Å²) in [6, 6.07) is 9.49. The van der Waals surface area contributed by atoms with E-state index in [0.29, 0.717) is 45.6 Å². The zero-order chi connectivity index (χ0) is 21.1. The highest BCUT2D eigenvalue weighted by Gasteiger charge is 2.51. The van der Waals surface area contributed by atoms with Gasteiger partial charge in [0.2, 0.25) is 5.91 Å². The second-order valence-corrected chi connectivity index (χ2v) is 8.92. The van der Waals surface area contributed by atoms with E-state index in [1.807, 2.05) is 30.3 Å². The number of aliphatic hydroxyl groups excluding tert-OH is 1. The minimum absolute atomic E-state index is 0.000515. The summed E-state index contributed by atoms with van der Waals surface area (Å²) < 4.78 is 5.06. The first-order chi connectivity index (χ1) is 14.5. The molecule has 7 heteroatoms. The summed E-state index contributed by atoms with van der Waals surface area (Å²) in [6.45, 7) is 4.12. The molecule has 2 heterocycles. The number of likely N-dealkylation sites (tertiary alicyclic amines) is 1. The Hall–Kier alpha value is -2.12. The quantitative estimate of drug-likeness (QED) is 0.710. The van der Waals surface area contributed by atoms with Crippen LogP contribution in [0.4, 0.5) is 5.69 Å². The van der Waals surface area contributed by atoms with Crippen molar-refractivity contribution >= 4 is 17.6 Å². The van der Waals surface area contributed by atoms with Gasteiger partial charge in [0.1, 0.15) is 6.04 Å². The van der Waals surface area contributed by atoms with Crippen molar-refractivity contribution in [1.29, 1.82) is 0 Å². The monoisotopic (exact) mass is 415 g/mol. The molecule has 0 radical (unpaired) electrons. The fraction of sp³-hybridized carbons (Fsp3) is 0.652. The average molecular weight is 416 g/mol. The number of aliphatic hydroxyl groups is 1. The second-order valence-electron chi connectivity index (χ2n) is 8.92. The molecule has 2 saturated heterocycles. The van der Waals surface area contributed by atoms with E-state index in [1.165, 1.54) is 7.11 Å². The van der Waals surface area contributed by atoms with Crippen molar-refractivity contribution in [1.82, 2.24) is 9.80 Å². The Morgan fingerprint density at radius 3 is 2.60 bits per heavy atom. The number of carbonyl (C=O) groups excluding carboxylic acids is 2. The molecule has 1 aromatic carbocycles. The lowest BCUT2D eigenvalue weighted by atomic mass is 9.90. The third-order valence-electron chi connectivity index (χ3n) is 7.17. The van der Waals surface area contributed by atoms with Crippen molar-refractivity contribution in [2.24, 2.45) is 5.41 Å². The molecule has 30 heavy (non-hydrogen) atoms. The summed E-state index contributed by atoms with van der Waals surface area (Å²) in [5.41, 5.74) is 1.26. The van der Waals surface area contributed by atoms with E-state index in [2.05, 4.69) is 9.80 Å². The van der Waals surface area contributed by atoms with E-state index >= 15 is 0 Å². The number of hydrogen-bond acceptors (Lipinski definition) is 6. The molecule has 1 amide bonds. The number of ether oxygens (including phenoxy) is 1. The third-order valence-corrected chi connectivity index (χ3v) is 7.17. The van der Waals surface area contributed by atoms with Gasteiger partial charge in [-0.15, -0.1) is 0 Å². The first kappa shape index (κ1) is 21.1. The summed E-state index contributed by atoms with van der Waals surface area (Å²) in [4.78, 5) is 31.6. The van der Waals surface area contributed by atoms with E-state index in [1.54, 1.807) is 4.90 Å². The van der Waals surface area contributed by atoms with E-state index in [4.69, 9.17) is 4.74 Å². The van der Waals surface area contributed by atoms with Crippen LogP contribution in [0, 0.1) is 5.41 Å². The molecule has 2 aliphatic heterocycles. The van der Waals surface area contributed by atoms with Crippen molar-refractivity contribution in [3.8, 4) is 0 Å². The maximum absolute atomic E-state index is 12.9. The van der Waals surface area contributed by atoms with Crippen LogP contribution in [-0.2, 0) is 14.3 Å². The molecule has 0 bridgehead atoms. The maximum Gasteiger partial charge on any atom is 0.328 e. The summed E-state index contributed by atoms with van der Waals surface area (Å²) in [5.74, 6) is -0.354. The number of anilines is 1. The Morgan fingerprint density at radius 2 is 1.93 bits per heavy atom. The molecule has 1 N–H and O–H groups in total. The smallest absolute Gasteiger partial charge is 0.328 e. The second kappa shape index (κ2) is 8.94. The van der Waals surface area contributed by atoms with Gasteiger partial charge in [0.15, 0.2) is 0 Å². The highest BCUT2D eigenvalue weighted by Crippen LogP contribution is 2.53. The van der Waals surface area contributed by atoms with Crippen molar-refractivity contribution in [3.05, 3.63) is 30.3 Å². The van der Waals surface area contributed by atoms with Gasteiger partial charge < -0.3 is 24.5 Å². The van der Waals surface area contributed by atoms with Crippen LogP contribution in [0.25, 0.3) is 0 Å². The Kier molecular flexibility index (Phi) is 6.29. The van der Waals surface area contributed by atoms with E-state index in [9.17, 15) is 14.7 Å². The first-order valence-corrected chi connectivity index (χ1v) is 11.1. The van der Waals surface area contributed by atoms with Crippen LogP contribution in [-0.4, -0.2) is 85.3 Å². The highest BCUT2D eigenvalue weighted by atomic mass is 16.5. The molecule has 0 unspecified atom stereocenters. The molecule has 1 saturated carbocycles. The molecular weight excluding hydrogens is 382 g/mol. The lowest BCUT2D eigenvalue weighted by Crippen LogP contribution is -2.50. The Bertz CT molecular complexity index is 752. The van der Waals surface area contributed by atoms with E-state index < -0.39 is 6.04 Å². The van der Waals surface area contributed by atoms with Crippen molar-refractivity contribution in [2.75, 3.05) is 51.3 Å². The van der Waals surface area contributed by atoms with E-state index in [0.717, 1.165) is 31.5 Å². The molecule has 7 nitrogen and oxygen atoms in total. The summed E-state index contributed by atoms with van der Waals surface area (Å²) in [5, 5.41) is 10.5. The van der Waals surface area contributed by atoms with Crippen LogP contribution in [0.1, 0.15) is 32.1 Å². The minimum atomic E-state index is -0.577. The number of carbonyl (C=O) groups is 2. The van der Waals surface area contributed by atoms with Gasteiger partial charge in [-0.05, 0) is 49.8 Å². The fourth-order valence-corrected chi connectivity index (χ4v) is 4.93. The normalized spacial score (nSPS) is 25.1. The van der Waals surface area contributed by atoms with Gasteiger partial charge >= 0.3 is 5.97 Å². The molecule has 1 spiro atoms. The third kappa shape index (κ3) is 4.47. The van der Waals surface area contributed by atoms with Gasteiger partial charge in [-0.25, -0.2) is 4.79 Å². The molecule has 3 aliphatic rings. The number of β-amino-alcohol motifs (C(OH)–C–C–N with tert-alkyl or cyclic N) is 1. The lowest BCUT2D eigenvalue weighted by Gasteiger charge is -2.37. The number of amides is 1. The molecule has 3 fully saturated rings. The number of para-hydroxylation sites is 1. The molecule has 1 aromatic rings. The topological polar surface area (TPSA) is 73.3 Å². The van der Waals surface area contributed by atoms with Gasteiger partial charge in [0.25, 0.3) is 0 Å². The number of rotatable bonds is 6.